The topological polar surface area (TPSA) is 121 Å². The van der Waals surface area contributed by atoms with E-state index in [1.54, 1.807) is 4.90 Å². The molecule has 1 saturated heterocycles. The number of nitrogens with zero attached hydrogens (tertiary/aromatic N) is 4. The molecule has 3 atom stereocenters. The van der Waals surface area contributed by atoms with Crippen LogP contribution in [0.25, 0.3) is 11.0 Å². The molecule has 5 rings (SSSR count). The van der Waals surface area contributed by atoms with Crippen molar-refractivity contribution in [2.75, 3.05) is 6.54 Å². The normalized spacial score (nSPS) is 17.2. The Labute approximate surface area is 218 Å². The molecular formula is C27H29N5O4S. The summed E-state index contributed by atoms with van der Waals surface area (Å²) in [4.78, 5) is 36.2. The number of amides is 2. The van der Waals surface area contributed by atoms with Gasteiger partial charge in [-0.1, -0.05) is 42.5 Å². The molecule has 2 amide bonds. The Hall–Kier alpha value is -3.60. The van der Waals surface area contributed by atoms with Gasteiger partial charge in [-0.25, -0.2) is 9.97 Å². The molecule has 1 aliphatic heterocycles. The summed E-state index contributed by atoms with van der Waals surface area (Å²) in [5.74, 6) is -0.573. The van der Waals surface area contributed by atoms with E-state index in [0.717, 1.165) is 41.0 Å². The Bertz CT molecular complexity index is 1400. The minimum absolute atomic E-state index is 0.0848. The number of aliphatic hydroxyl groups is 2. The number of aryl methyl sites for hydroxylation is 1. The van der Waals surface area contributed by atoms with E-state index in [4.69, 9.17) is 0 Å². The molecule has 3 heterocycles. The molecule has 0 bridgehead atoms. The lowest BCUT2D eigenvalue weighted by molar-refractivity contribution is -0.153. The average Bonchev–Trinajstić information content (AvgIpc) is 3.66. The molecule has 192 valence electrons. The molecule has 1 unspecified atom stereocenters. The maximum atomic E-state index is 12.9. The van der Waals surface area contributed by atoms with Crippen LogP contribution in [0.4, 0.5) is 0 Å². The zero-order valence-electron chi connectivity index (χ0n) is 20.4. The first-order valence-electron chi connectivity index (χ1n) is 12.3. The van der Waals surface area contributed by atoms with E-state index in [0.29, 0.717) is 18.1 Å². The Morgan fingerprint density at radius 3 is 2.65 bits per heavy atom. The number of hydrogen-bond donors (Lipinski definition) is 3. The van der Waals surface area contributed by atoms with Gasteiger partial charge in [0, 0.05) is 11.9 Å². The largest absolute Gasteiger partial charge is 0.380 e. The Morgan fingerprint density at radius 2 is 1.84 bits per heavy atom. The number of nitrogens with one attached hydrogen (secondary N) is 1. The third-order valence-corrected chi connectivity index (χ3v) is 7.62. The van der Waals surface area contributed by atoms with Crippen molar-refractivity contribution in [3.8, 4) is 0 Å². The Kier molecular flexibility index (Phi) is 7.31. The molecule has 10 heteroatoms. The predicted octanol–water partition coefficient (Wildman–Crippen LogP) is 2.55. The molecule has 4 aromatic rings. The lowest BCUT2D eigenvalue weighted by atomic mass is 10.0. The zero-order valence-corrected chi connectivity index (χ0v) is 21.3. The number of aliphatic hydroxyl groups excluding tert-OH is 2. The standard InChI is InChI=1S/C27H29N5O4S/c1-17-29-20-10-5-6-11-22(20)32(17)15-19-16-37-23(30-19)14-28-26(35)24(33)25(34)27(36)31-13-7-12-21(31)18-8-3-2-4-9-18/h2-6,8-11,16,21,24-25,33-34H,7,12-15H2,1H3,(H,28,35)/t21?,24-,25-/m1/s1. The Morgan fingerprint density at radius 1 is 1.08 bits per heavy atom. The van der Waals surface area contributed by atoms with Crippen LogP contribution in [0.15, 0.2) is 60.0 Å². The number of rotatable bonds is 8. The zero-order chi connectivity index (χ0) is 25.9. The van der Waals surface area contributed by atoms with Gasteiger partial charge in [-0.3, -0.25) is 9.59 Å². The molecule has 3 N–H and O–H groups in total. The number of carbonyl (C=O) groups excluding carboxylic acids is 2. The van der Waals surface area contributed by atoms with Crippen LogP contribution in [0.3, 0.4) is 0 Å². The van der Waals surface area contributed by atoms with Gasteiger partial charge in [0.15, 0.2) is 12.2 Å². The minimum Gasteiger partial charge on any atom is -0.380 e. The third-order valence-electron chi connectivity index (χ3n) is 6.72. The lowest BCUT2D eigenvalue weighted by Crippen LogP contribution is -2.50. The summed E-state index contributed by atoms with van der Waals surface area (Å²) in [5.41, 5.74) is 3.75. The quantitative estimate of drug-likeness (QED) is 0.329. The summed E-state index contributed by atoms with van der Waals surface area (Å²) < 4.78 is 2.08. The molecule has 0 saturated carbocycles. The SMILES string of the molecule is Cc1nc2ccccc2n1Cc1csc(CNC(=O)[C@H](O)[C@@H](O)C(=O)N2CCCC2c2ccccc2)n1. The first-order valence-corrected chi connectivity index (χ1v) is 13.1. The number of benzene rings is 2. The van der Waals surface area contributed by atoms with E-state index in [2.05, 4.69) is 19.9 Å². The van der Waals surface area contributed by atoms with Crippen LogP contribution in [0.1, 0.15) is 41.0 Å². The summed E-state index contributed by atoms with van der Waals surface area (Å²) >= 11 is 1.39. The van der Waals surface area contributed by atoms with E-state index in [-0.39, 0.29) is 12.6 Å². The number of hydrogen-bond acceptors (Lipinski definition) is 7. The second kappa shape index (κ2) is 10.8. The van der Waals surface area contributed by atoms with E-state index in [9.17, 15) is 19.8 Å². The molecular weight excluding hydrogens is 490 g/mol. The van der Waals surface area contributed by atoms with Crippen molar-refractivity contribution in [1.82, 2.24) is 24.8 Å². The number of likely N-dealkylation sites (tertiary alicyclic amines) is 1. The van der Waals surface area contributed by atoms with Gasteiger partial charge in [-0.2, -0.15) is 0 Å². The smallest absolute Gasteiger partial charge is 0.255 e. The van der Waals surface area contributed by atoms with Gasteiger partial charge < -0.3 is 25.0 Å². The monoisotopic (exact) mass is 519 g/mol. The van der Waals surface area contributed by atoms with Gasteiger partial charge in [-0.15, -0.1) is 11.3 Å². The molecule has 2 aromatic carbocycles. The summed E-state index contributed by atoms with van der Waals surface area (Å²) in [7, 11) is 0. The van der Waals surface area contributed by atoms with Gasteiger partial charge in [0.2, 0.25) is 0 Å². The fourth-order valence-electron chi connectivity index (χ4n) is 4.83. The van der Waals surface area contributed by atoms with Crippen molar-refractivity contribution in [2.45, 2.75) is 51.1 Å². The van der Waals surface area contributed by atoms with Gasteiger partial charge in [0.1, 0.15) is 10.8 Å². The maximum absolute atomic E-state index is 12.9. The van der Waals surface area contributed by atoms with Gasteiger partial charge in [0.25, 0.3) is 11.8 Å². The van der Waals surface area contributed by atoms with Crippen LogP contribution < -0.4 is 5.32 Å². The molecule has 0 aliphatic carbocycles. The van der Waals surface area contributed by atoms with E-state index in [1.165, 1.54) is 11.3 Å². The number of aromatic nitrogens is 3. The van der Waals surface area contributed by atoms with Crippen molar-refractivity contribution < 1.29 is 19.8 Å². The number of imidazole rings is 1. The second-order valence-corrected chi connectivity index (χ2v) is 10.1. The Balaban J connectivity index is 1.17. The highest BCUT2D eigenvalue weighted by atomic mass is 32.1. The summed E-state index contributed by atoms with van der Waals surface area (Å²) in [5, 5.41) is 26.1. The summed E-state index contributed by atoms with van der Waals surface area (Å²) in [6.45, 7) is 3.05. The van der Waals surface area contributed by atoms with E-state index in [1.807, 2.05) is 66.9 Å². The highest BCUT2D eigenvalue weighted by Crippen LogP contribution is 2.32. The van der Waals surface area contributed by atoms with Crippen molar-refractivity contribution in [2.24, 2.45) is 0 Å². The molecule has 1 aliphatic rings. The summed E-state index contributed by atoms with van der Waals surface area (Å²) in [6, 6.07) is 17.3. The molecule has 37 heavy (non-hydrogen) atoms. The average molecular weight is 520 g/mol. The second-order valence-electron chi connectivity index (χ2n) is 9.17. The first-order chi connectivity index (χ1) is 17.9. The van der Waals surface area contributed by atoms with Gasteiger partial charge >= 0.3 is 0 Å². The van der Waals surface area contributed by atoms with Crippen LogP contribution >= 0.6 is 11.3 Å². The van der Waals surface area contributed by atoms with Crippen LogP contribution in [-0.4, -0.2) is 60.2 Å². The van der Waals surface area contributed by atoms with Crippen molar-refractivity contribution in [3.05, 3.63) is 82.1 Å². The first kappa shape index (κ1) is 25.1. The highest BCUT2D eigenvalue weighted by molar-refractivity contribution is 7.09. The molecule has 9 nitrogen and oxygen atoms in total. The van der Waals surface area contributed by atoms with E-state index < -0.39 is 24.0 Å². The molecule has 1 fully saturated rings. The minimum atomic E-state index is -1.87. The van der Waals surface area contributed by atoms with Crippen molar-refractivity contribution in [1.29, 1.82) is 0 Å². The number of carbonyl (C=O) groups is 2. The molecule has 2 aromatic heterocycles. The molecule has 0 spiro atoms. The van der Waals surface area contributed by atoms with Crippen LogP contribution in [0, 0.1) is 6.92 Å². The molecule has 0 radical (unpaired) electrons. The number of para-hydroxylation sites is 2. The maximum Gasteiger partial charge on any atom is 0.255 e. The predicted molar refractivity (Wildman–Crippen MR) is 140 cm³/mol. The van der Waals surface area contributed by atoms with E-state index >= 15 is 0 Å². The van der Waals surface area contributed by atoms with Crippen LogP contribution in [0.5, 0.6) is 0 Å². The van der Waals surface area contributed by atoms with Gasteiger partial charge in [-0.05, 0) is 37.5 Å². The van der Waals surface area contributed by atoms with Crippen LogP contribution in [-0.2, 0) is 22.7 Å². The third kappa shape index (κ3) is 5.27. The lowest BCUT2D eigenvalue weighted by Gasteiger charge is -2.28. The fraction of sp³-hybridized carbons (Fsp3) is 0.333. The summed E-state index contributed by atoms with van der Waals surface area (Å²) in [6.07, 6.45) is -2.15. The van der Waals surface area contributed by atoms with Crippen LogP contribution in [0.2, 0.25) is 0 Å². The van der Waals surface area contributed by atoms with Crippen molar-refractivity contribution in [3.63, 3.8) is 0 Å². The van der Waals surface area contributed by atoms with Crippen molar-refractivity contribution >= 4 is 34.2 Å². The fourth-order valence-corrected chi connectivity index (χ4v) is 5.55. The van der Waals surface area contributed by atoms with Gasteiger partial charge in [0.05, 0.1) is 35.9 Å². The highest BCUT2D eigenvalue weighted by Gasteiger charge is 2.38. The number of fused-ring (bicyclic) bond motifs is 1. The number of thiazole rings is 1.